The predicted molar refractivity (Wildman–Crippen MR) is 129 cm³/mol. The second-order valence-corrected chi connectivity index (χ2v) is 9.78. The predicted octanol–water partition coefficient (Wildman–Crippen LogP) is 5.83. The monoisotopic (exact) mass is 435 g/mol. The molecule has 2 aliphatic rings. The van der Waals surface area contributed by atoms with E-state index in [0.717, 1.165) is 58.2 Å². The summed E-state index contributed by atoms with van der Waals surface area (Å²) in [7, 11) is 0. The van der Waals surface area contributed by atoms with Gasteiger partial charge in [-0.15, -0.1) is 0 Å². The molecule has 1 atom stereocenters. The van der Waals surface area contributed by atoms with Gasteiger partial charge in [-0.2, -0.15) is 4.98 Å². The Kier molecular flexibility index (Phi) is 5.49. The van der Waals surface area contributed by atoms with E-state index in [9.17, 15) is 0 Å². The summed E-state index contributed by atoms with van der Waals surface area (Å²) >= 11 is 6.33. The molecule has 1 aromatic heterocycles. The van der Waals surface area contributed by atoms with Crippen LogP contribution in [-0.4, -0.2) is 22.1 Å². The van der Waals surface area contributed by atoms with Crippen molar-refractivity contribution in [2.45, 2.75) is 58.0 Å². The minimum atomic E-state index is 0.356. The number of halogens is 1. The van der Waals surface area contributed by atoms with Crippen molar-refractivity contribution in [2.75, 3.05) is 10.6 Å². The number of benzene rings is 2. The number of nitrogens with one attached hydrogen (secondary N) is 2. The van der Waals surface area contributed by atoms with E-state index in [1.807, 2.05) is 25.1 Å². The van der Waals surface area contributed by atoms with Crippen molar-refractivity contribution in [3.63, 3.8) is 0 Å². The molecule has 31 heavy (non-hydrogen) atoms. The highest BCUT2D eigenvalue weighted by Gasteiger charge is 2.29. The molecule has 0 saturated heterocycles. The molecular formula is C25H30ClN5. The standard InChI is InChI=1S/C25H30ClN5/c1-14-6-9-20(13-22(14)26)29-25-30-23-18(10-16-11-19(27)12-16)4-3-5-21(23)24(31-25)28-15(2)17-7-8-17/h3-6,9,13,15-17,19H,7-8,10-12,27H2,1-2H3,(H2,28,29,30,31)/t15-,16?,19?/m1/s1. The molecule has 0 amide bonds. The van der Waals surface area contributed by atoms with E-state index in [2.05, 4.69) is 35.8 Å². The van der Waals surface area contributed by atoms with Gasteiger partial charge in [0.2, 0.25) is 5.95 Å². The molecule has 0 spiro atoms. The van der Waals surface area contributed by atoms with Crippen LogP contribution in [0.5, 0.6) is 0 Å². The fraction of sp³-hybridized carbons (Fsp3) is 0.440. The molecule has 2 fully saturated rings. The Hall–Kier alpha value is -2.37. The van der Waals surface area contributed by atoms with Crippen molar-refractivity contribution in [3.8, 4) is 0 Å². The minimum absolute atomic E-state index is 0.356. The normalized spacial score (nSPS) is 21.5. The van der Waals surface area contributed by atoms with Crippen LogP contribution in [0.3, 0.4) is 0 Å². The SMILES string of the molecule is Cc1ccc(Nc2nc(N[C@H](C)C3CC3)c3cccc(CC4CC(N)C4)c3n2)cc1Cl. The Labute approximate surface area is 188 Å². The number of fused-ring (bicyclic) bond motifs is 1. The quantitative estimate of drug-likeness (QED) is 0.435. The van der Waals surface area contributed by atoms with Gasteiger partial charge < -0.3 is 16.4 Å². The van der Waals surface area contributed by atoms with E-state index < -0.39 is 0 Å². The zero-order valence-corrected chi connectivity index (χ0v) is 18.9. The van der Waals surface area contributed by atoms with Gasteiger partial charge in [-0.05, 0) is 87.1 Å². The number of aromatic nitrogens is 2. The van der Waals surface area contributed by atoms with Crippen LogP contribution in [0.1, 0.15) is 43.7 Å². The molecule has 0 aliphatic heterocycles. The van der Waals surface area contributed by atoms with Crippen LogP contribution in [0.4, 0.5) is 17.5 Å². The number of aryl methyl sites for hydroxylation is 1. The molecule has 4 N–H and O–H groups in total. The maximum absolute atomic E-state index is 6.33. The van der Waals surface area contributed by atoms with Crippen molar-refractivity contribution in [1.29, 1.82) is 0 Å². The third-order valence-electron chi connectivity index (χ3n) is 6.71. The Morgan fingerprint density at radius 1 is 1.16 bits per heavy atom. The van der Waals surface area contributed by atoms with Crippen molar-refractivity contribution in [3.05, 3.63) is 52.5 Å². The van der Waals surface area contributed by atoms with E-state index in [0.29, 0.717) is 23.9 Å². The molecule has 1 heterocycles. The van der Waals surface area contributed by atoms with Gasteiger partial charge in [0.25, 0.3) is 0 Å². The van der Waals surface area contributed by atoms with Gasteiger partial charge in [0.05, 0.1) is 5.52 Å². The largest absolute Gasteiger partial charge is 0.367 e. The summed E-state index contributed by atoms with van der Waals surface area (Å²) in [5.41, 5.74) is 10.2. The molecule has 0 radical (unpaired) electrons. The van der Waals surface area contributed by atoms with Crippen molar-refractivity contribution < 1.29 is 0 Å². The Bertz CT molecular complexity index is 1100. The number of nitrogens with two attached hydrogens (primary N) is 1. The van der Waals surface area contributed by atoms with Crippen LogP contribution < -0.4 is 16.4 Å². The molecule has 2 aliphatic carbocycles. The van der Waals surface area contributed by atoms with Crippen LogP contribution in [0.2, 0.25) is 5.02 Å². The Balaban J connectivity index is 1.52. The summed E-state index contributed by atoms with van der Waals surface area (Å²) in [5.74, 6) is 2.87. The van der Waals surface area contributed by atoms with Gasteiger partial charge in [0.1, 0.15) is 5.82 Å². The lowest BCUT2D eigenvalue weighted by Gasteiger charge is -2.32. The fourth-order valence-corrected chi connectivity index (χ4v) is 4.72. The Morgan fingerprint density at radius 3 is 2.68 bits per heavy atom. The lowest BCUT2D eigenvalue weighted by Crippen LogP contribution is -2.37. The van der Waals surface area contributed by atoms with Gasteiger partial charge in [0, 0.05) is 28.2 Å². The molecule has 2 aromatic carbocycles. The summed E-state index contributed by atoms with van der Waals surface area (Å²) in [5, 5.41) is 8.86. The van der Waals surface area contributed by atoms with E-state index >= 15 is 0 Å². The number of rotatable bonds is 7. The number of nitrogens with zero attached hydrogens (tertiary/aromatic N) is 2. The molecule has 5 rings (SSSR count). The first-order chi connectivity index (χ1) is 15.0. The van der Waals surface area contributed by atoms with Gasteiger partial charge in [-0.25, -0.2) is 4.98 Å². The molecule has 0 unspecified atom stereocenters. The van der Waals surface area contributed by atoms with Gasteiger partial charge >= 0.3 is 0 Å². The second-order valence-electron chi connectivity index (χ2n) is 9.37. The third-order valence-corrected chi connectivity index (χ3v) is 7.12. The molecule has 162 valence electrons. The molecule has 6 heteroatoms. The summed E-state index contributed by atoms with van der Waals surface area (Å²) < 4.78 is 0. The summed E-state index contributed by atoms with van der Waals surface area (Å²) in [6.07, 6.45) is 5.78. The summed E-state index contributed by atoms with van der Waals surface area (Å²) in [4.78, 5) is 9.81. The zero-order valence-electron chi connectivity index (χ0n) is 18.2. The smallest absolute Gasteiger partial charge is 0.229 e. The first kappa shape index (κ1) is 20.5. The lowest BCUT2D eigenvalue weighted by atomic mass is 9.77. The molecule has 2 saturated carbocycles. The van der Waals surface area contributed by atoms with E-state index in [1.165, 1.54) is 18.4 Å². The minimum Gasteiger partial charge on any atom is -0.367 e. The van der Waals surface area contributed by atoms with Gasteiger partial charge in [-0.1, -0.05) is 29.8 Å². The van der Waals surface area contributed by atoms with Crippen LogP contribution >= 0.6 is 11.6 Å². The van der Waals surface area contributed by atoms with Crippen molar-refractivity contribution >= 4 is 40.0 Å². The van der Waals surface area contributed by atoms with Gasteiger partial charge in [-0.3, -0.25) is 0 Å². The van der Waals surface area contributed by atoms with Gasteiger partial charge in [0.15, 0.2) is 0 Å². The van der Waals surface area contributed by atoms with Crippen LogP contribution in [-0.2, 0) is 6.42 Å². The first-order valence-electron chi connectivity index (χ1n) is 11.3. The second kappa shape index (κ2) is 8.29. The number of anilines is 3. The molecule has 5 nitrogen and oxygen atoms in total. The summed E-state index contributed by atoms with van der Waals surface area (Å²) in [6.45, 7) is 4.25. The third kappa shape index (κ3) is 4.48. The number of para-hydroxylation sites is 1. The fourth-order valence-electron chi connectivity index (χ4n) is 4.54. The zero-order chi connectivity index (χ0) is 21.5. The van der Waals surface area contributed by atoms with Crippen LogP contribution in [0.15, 0.2) is 36.4 Å². The molecule has 0 bridgehead atoms. The average molecular weight is 436 g/mol. The number of hydrogen-bond donors (Lipinski definition) is 3. The van der Waals surface area contributed by atoms with E-state index in [4.69, 9.17) is 27.3 Å². The average Bonchev–Trinajstić information content (AvgIpc) is 3.56. The van der Waals surface area contributed by atoms with Crippen molar-refractivity contribution in [1.82, 2.24) is 9.97 Å². The molecular weight excluding hydrogens is 406 g/mol. The van der Waals surface area contributed by atoms with Crippen molar-refractivity contribution in [2.24, 2.45) is 17.6 Å². The highest BCUT2D eigenvalue weighted by molar-refractivity contribution is 6.31. The molecule has 3 aromatic rings. The lowest BCUT2D eigenvalue weighted by molar-refractivity contribution is 0.265. The van der Waals surface area contributed by atoms with E-state index in [-0.39, 0.29) is 0 Å². The summed E-state index contributed by atoms with van der Waals surface area (Å²) in [6, 6.07) is 13.1. The van der Waals surface area contributed by atoms with Crippen LogP contribution in [0.25, 0.3) is 10.9 Å². The highest BCUT2D eigenvalue weighted by atomic mass is 35.5. The Morgan fingerprint density at radius 2 is 1.97 bits per heavy atom. The maximum Gasteiger partial charge on any atom is 0.229 e. The van der Waals surface area contributed by atoms with E-state index in [1.54, 1.807) is 0 Å². The number of hydrogen-bond acceptors (Lipinski definition) is 5. The first-order valence-corrected chi connectivity index (χ1v) is 11.7. The maximum atomic E-state index is 6.33. The van der Waals surface area contributed by atoms with Crippen LogP contribution in [0, 0.1) is 18.8 Å². The highest BCUT2D eigenvalue weighted by Crippen LogP contribution is 2.36. The topological polar surface area (TPSA) is 75.9 Å².